The van der Waals surface area contributed by atoms with Crippen LogP contribution >= 0.6 is 0 Å². The quantitative estimate of drug-likeness (QED) is 0.790. The smallest absolute Gasteiger partial charge is 0.259 e. The maximum Gasteiger partial charge on any atom is 0.259 e. The number of nitrogens with zero attached hydrogens (tertiary/aromatic N) is 1. The highest BCUT2D eigenvalue weighted by Gasteiger charge is 2.27. The summed E-state index contributed by atoms with van der Waals surface area (Å²) in [4.78, 5) is 12.3. The number of hydrogen-bond donors (Lipinski definition) is 2. The summed E-state index contributed by atoms with van der Waals surface area (Å²) in [6.45, 7) is 3.50. The van der Waals surface area contributed by atoms with E-state index in [-0.39, 0.29) is 23.8 Å². The molecule has 0 spiro atoms. The Bertz CT molecular complexity index is 1060. The van der Waals surface area contributed by atoms with Gasteiger partial charge in [-0.2, -0.15) is 0 Å². The van der Waals surface area contributed by atoms with Gasteiger partial charge in [-0.1, -0.05) is 24.3 Å². The molecule has 0 aromatic heterocycles. The van der Waals surface area contributed by atoms with Gasteiger partial charge in [0.25, 0.3) is 15.9 Å². The molecule has 7 nitrogen and oxygen atoms in total. The van der Waals surface area contributed by atoms with Crippen LogP contribution in [-0.4, -0.2) is 32.3 Å². The molecule has 0 unspecified atom stereocenters. The molecule has 0 saturated carbocycles. The fourth-order valence-corrected chi connectivity index (χ4v) is 3.94. The van der Waals surface area contributed by atoms with E-state index in [1.165, 1.54) is 18.2 Å². The van der Waals surface area contributed by atoms with Crippen LogP contribution in [0.1, 0.15) is 35.3 Å². The van der Waals surface area contributed by atoms with Gasteiger partial charge in [-0.25, -0.2) is 12.8 Å². The molecule has 1 amide bonds. The summed E-state index contributed by atoms with van der Waals surface area (Å²) in [5, 5.41) is 2.73. The van der Waals surface area contributed by atoms with Crippen LogP contribution < -0.4 is 15.8 Å². The van der Waals surface area contributed by atoms with Gasteiger partial charge in [0.15, 0.2) is 0 Å². The van der Waals surface area contributed by atoms with E-state index in [0.29, 0.717) is 16.9 Å². The monoisotopic (exact) mass is 405 g/mol. The van der Waals surface area contributed by atoms with E-state index < -0.39 is 27.3 Å². The van der Waals surface area contributed by atoms with Gasteiger partial charge in [0.1, 0.15) is 24.0 Å². The van der Waals surface area contributed by atoms with Crippen LogP contribution in [0.5, 0.6) is 5.75 Å². The van der Waals surface area contributed by atoms with E-state index in [1.54, 1.807) is 38.1 Å². The van der Waals surface area contributed by atoms with Crippen molar-refractivity contribution in [3.8, 4) is 5.75 Å². The number of rotatable bonds is 5. The highest BCUT2D eigenvalue weighted by Crippen LogP contribution is 2.28. The van der Waals surface area contributed by atoms with Crippen molar-refractivity contribution in [3.05, 3.63) is 65.0 Å². The third-order valence-corrected chi connectivity index (χ3v) is 5.25. The molecule has 3 N–H and O–H groups in total. The second kappa shape index (κ2) is 7.23. The molecule has 1 aliphatic rings. The Hall–Kier alpha value is -2.94. The minimum absolute atomic E-state index is 0.0453. The summed E-state index contributed by atoms with van der Waals surface area (Å²) in [7, 11) is -3.64. The van der Waals surface area contributed by atoms with Gasteiger partial charge in [-0.05, 0) is 37.6 Å². The number of sulfonamides is 1. The number of ether oxygens (including phenoxy) is 1. The molecule has 3 rings (SSSR count). The van der Waals surface area contributed by atoms with Crippen molar-refractivity contribution < 1.29 is 22.3 Å². The molecular weight excluding hydrogens is 385 g/mol. The van der Waals surface area contributed by atoms with E-state index in [9.17, 15) is 17.6 Å². The molecule has 28 heavy (non-hydrogen) atoms. The molecule has 0 bridgehead atoms. The Morgan fingerprint density at radius 1 is 1.25 bits per heavy atom. The fourth-order valence-electron chi connectivity index (χ4n) is 2.85. The number of nitrogens with one attached hydrogen (secondary N) is 1. The molecule has 9 heteroatoms. The Balaban J connectivity index is 1.76. The van der Waals surface area contributed by atoms with E-state index in [4.69, 9.17) is 10.5 Å². The van der Waals surface area contributed by atoms with Crippen molar-refractivity contribution >= 4 is 21.8 Å². The number of nitrogens with two attached hydrogens (primary N) is 1. The zero-order chi connectivity index (χ0) is 20.5. The van der Waals surface area contributed by atoms with Gasteiger partial charge in [-0.15, -0.1) is 4.40 Å². The number of hydrogen-bond acceptors (Lipinski definition) is 5. The normalized spacial score (nSPS) is 15.3. The van der Waals surface area contributed by atoms with Gasteiger partial charge in [0, 0.05) is 0 Å². The maximum absolute atomic E-state index is 13.8. The van der Waals surface area contributed by atoms with Crippen LogP contribution in [-0.2, 0) is 15.8 Å². The minimum Gasteiger partial charge on any atom is -0.490 e. The third-order valence-electron chi connectivity index (χ3n) is 4.10. The highest BCUT2D eigenvalue weighted by atomic mass is 32.2. The summed E-state index contributed by atoms with van der Waals surface area (Å²) < 4.78 is 46.6. The van der Waals surface area contributed by atoms with Gasteiger partial charge in [0.05, 0.1) is 22.4 Å². The van der Waals surface area contributed by atoms with Crippen molar-refractivity contribution in [2.24, 2.45) is 10.1 Å². The van der Waals surface area contributed by atoms with Gasteiger partial charge < -0.3 is 15.8 Å². The van der Waals surface area contributed by atoms with E-state index in [1.807, 2.05) is 0 Å². The molecule has 1 aliphatic heterocycles. The predicted molar refractivity (Wildman–Crippen MR) is 103 cm³/mol. The second-order valence-electron chi connectivity index (χ2n) is 7.10. The number of benzene rings is 2. The number of fused-ring (bicyclic) bond motifs is 1. The highest BCUT2D eigenvalue weighted by molar-refractivity contribution is 7.89. The standard InChI is InChI=1S/C19H20FN3O4S/c1-19(2,22-18(24)13-7-3-4-8-14(13)20)11-27-15-9-5-6-12-10-28(25,26)23-17(21)16(12)15/h3-9H,10-11H2,1-2H3,(H2,21,23)(H,22,24). The summed E-state index contributed by atoms with van der Waals surface area (Å²) in [5.74, 6) is -1.20. The molecule has 0 aliphatic carbocycles. The number of halogens is 1. The molecule has 2 aromatic rings. The number of carbonyl (C=O) groups excluding carboxylic acids is 1. The summed E-state index contributed by atoms with van der Waals surface area (Å²) in [5.41, 5.74) is 5.84. The van der Waals surface area contributed by atoms with Crippen LogP contribution in [0.25, 0.3) is 0 Å². The van der Waals surface area contributed by atoms with Gasteiger partial charge in [0.2, 0.25) is 0 Å². The van der Waals surface area contributed by atoms with Crippen molar-refractivity contribution in [3.63, 3.8) is 0 Å². The zero-order valence-electron chi connectivity index (χ0n) is 15.4. The number of amidine groups is 1. The fraction of sp³-hybridized carbons (Fsp3) is 0.263. The summed E-state index contributed by atoms with van der Waals surface area (Å²) in [6, 6.07) is 10.6. The van der Waals surface area contributed by atoms with E-state index >= 15 is 0 Å². The Morgan fingerprint density at radius 3 is 2.68 bits per heavy atom. The lowest BCUT2D eigenvalue weighted by molar-refractivity contribution is 0.0876. The lowest BCUT2D eigenvalue weighted by Crippen LogP contribution is -2.48. The molecule has 148 valence electrons. The summed E-state index contributed by atoms with van der Waals surface area (Å²) in [6.07, 6.45) is 0. The Morgan fingerprint density at radius 2 is 1.96 bits per heavy atom. The molecule has 0 radical (unpaired) electrons. The maximum atomic E-state index is 13.8. The predicted octanol–water partition coefficient (Wildman–Crippen LogP) is 1.96. The first-order valence-electron chi connectivity index (χ1n) is 8.48. The summed E-state index contributed by atoms with van der Waals surface area (Å²) >= 11 is 0. The topological polar surface area (TPSA) is 111 Å². The van der Waals surface area contributed by atoms with Crippen LogP contribution in [0.2, 0.25) is 0 Å². The molecular formula is C19H20FN3O4S. The van der Waals surface area contributed by atoms with E-state index in [0.717, 1.165) is 0 Å². The van der Waals surface area contributed by atoms with Crippen molar-refractivity contribution in [2.45, 2.75) is 25.1 Å². The third kappa shape index (κ3) is 4.30. The van der Waals surface area contributed by atoms with Crippen LogP contribution in [0.15, 0.2) is 46.9 Å². The minimum atomic E-state index is -3.64. The molecule has 0 saturated heterocycles. The second-order valence-corrected chi connectivity index (χ2v) is 8.73. The zero-order valence-corrected chi connectivity index (χ0v) is 16.2. The molecule has 2 aromatic carbocycles. The average molecular weight is 405 g/mol. The van der Waals surface area contributed by atoms with Crippen LogP contribution in [0.3, 0.4) is 0 Å². The first-order chi connectivity index (χ1) is 13.1. The van der Waals surface area contributed by atoms with Gasteiger partial charge in [-0.3, -0.25) is 4.79 Å². The van der Waals surface area contributed by atoms with Crippen molar-refractivity contribution in [1.29, 1.82) is 0 Å². The average Bonchev–Trinajstić information content (AvgIpc) is 2.58. The number of amides is 1. The van der Waals surface area contributed by atoms with Crippen LogP contribution in [0, 0.1) is 5.82 Å². The molecule has 1 heterocycles. The Labute approximate surface area is 162 Å². The molecule has 0 atom stereocenters. The number of carbonyl (C=O) groups is 1. The van der Waals surface area contributed by atoms with Gasteiger partial charge >= 0.3 is 0 Å². The Kier molecular flexibility index (Phi) is 5.12. The SMILES string of the molecule is CC(C)(COc1cccc2c1C(N)=NS(=O)(=O)C2)NC(=O)c1ccccc1F. The van der Waals surface area contributed by atoms with Crippen molar-refractivity contribution in [1.82, 2.24) is 5.32 Å². The first-order valence-corrected chi connectivity index (χ1v) is 10.1. The van der Waals surface area contributed by atoms with E-state index in [2.05, 4.69) is 9.71 Å². The molecule has 0 fully saturated rings. The lowest BCUT2D eigenvalue weighted by Gasteiger charge is -2.27. The van der Waals surface area contributed by atoms with Crippen LogP contribution in [0.4, 0.5) is 4.39 Å². The largest absolute Gasteiger partial charge is 0.490 e. The lowest BCUT2D eigenvalue weighted by atomic mass is 10.0. The van der Waals surface area contributed by atoms with Crippen molar-refractivity contribution in [2.75, 3.05) is 6.61 Å². The first kappa shape index (κ1) is 19.8.